The van der Waals surface area contributed by atoms with Crippen LogP contribution < -0.4 is 15.6 Å². The Bertz CT molecular complexity index is 1370. The summed E-state index contributed by atoms with van der Waals surface area (Å²) < 4.78 is 60.2. The van der Waals surface area contributed by atoms with Crippen LogP contribution in [-0.2, 0) is 9.59 Å². The second-order valence-electron chi connectivity index (χ2n) is 7.78. The maximum atomic E-state index is 13.8. The van der Waals surface area contributed by atoms with Crippen LogP contribution in [0.2, 0.25) is 0 Å². The van der Waals surface area contributed by atoms with Gasteiger partial charge in [-0.25, -0.2) is 13.8 Å². The zero-order chi connectivity index (χ0) is 26.6. The van der Waals surface area contributed by atoms with Gasteiger partial charge in [0.15, 0.2) is 23.2 Å². The van der Waals surface area contributed by atoms with Crippen LogP contribution in [0.4, 0.5) is 17.6 Å². The van der Waals surface area contributed by atoms with Gasteiger partial charge in [0.1, 0.15) is 12.6 Å². The quantitative estimate of drug-likeness (QED) is 0.247. The first-order valence-electron chi connectivity index (χ1n) is 10.7. The minimum atomic E-state index is -1.84. The molecule has 1 aromatic heterocycles. The number of aliphatic hydroxyl groups excluding tert-OH is 1. The van der Waals surface area contributed by atoms with Gasteiger partial charge in [-0.3, -0.25) is 19.0 Å². The largest absolute Gasteiger partial charge is 0.513 e. The number of hydrogen-bond donors (Lipinski definition) is 2. The number of carbonyl (C=O) groups excluding carboxylic acids is 2. The van der Waals surface area contributed by atoms with Crippen LogP contribution in [0.15, 0.2) is 53.8 Å². The highest BCUT2D eigenvalue weighted by Crippen LogP contribution is 2.26. The molecule has 0 aliphatic carbocycles. The Morgan fingerprint density at radius 3 is 2.42 bits per heavy atom. The molecule has 3 rings (SSSR count). The Balaban J connectivity index is 1.82. The molecule has 2 aromatic carbocycles. The van der Waals surface area contributed by atoms with Crippen molar-refractivity contribution in [3.05, 3.63) is 82.6 Å². The summed E-state index contributed by atoms with van der Waals surface area (Å²) >= 11 is 0. The minimum absolute atomic E-state index is 0.0212. The first-order valence-corrected chi connectivity index (χ1v) is 10.7. The van der Waals surface area contributed by atoms with Gasteiger partial charge in [0.25, 0.3) is 5.56 Å². The van der Waals surface area contributed by atoms with Gasteiger partial charge in [-0.2, -0.15) is 8.78 Å². The Morgan fingerprint density at radius 1 is 1.17 bits per heavy atom. The van der Waals surface area contributed by atoms with Gasteiger partial charge in [0.05, 0.1) is 29.0 Å². The Kier molecular flexibility index (Phi) is 8.07. The SMILES string of the molecule is C=C(O)C[C@H](NC(=O)[C@H](CC)n1cnc2ccccc2c1=O)C(=O)COc1c(F)c(F)cc(F)c1F. The molecule has 0 fully saturated rings. The van der Waals surface area contributed by atoms with E-state index >= 15 is 0 Å². The highest BCUT2D eigenvalue weighted by atomic mass is 19.2. The van der Waals surface area contributed by atoms with Gasteiger partial charge < -0.3 is 15.2 Å². The average Bonchev–Trinajstić information content (AvgIpc) is 2.84. The number of carbonyl (C=O) groups is 2. The molecular weight excluding hydrogens is 486 g/mol. The molecule has 0 unspecified atom stereocenters. The molecule has 2 N–H and O–H groups in total. The third-order valence-electron chi connectivity index (χ3n) is 5.29. The van der Waals surface area contributed by atoms with Crippen molar-refractivity contribution < 1.29 is 37.0 Å². The predicted molar refractivity (Wildman–Crippen MR) is 120 cm³/mol. The number of hydrogen-bond acceptors (Lipinski definition) is 6. The van der Waals surface area contributed by atoms with Gasteiger partial charge >= 0.3 is 0 Å². The maximum absolute atomic E-state index is 13.8. The number of aromatic nitrogens is 2. The van der Waals surface area contributed by atoms with Crippen LogP contribution in [0.25, 0.3) is 10.9 Å². The van der Waals surface area contributed by atoms with E-state index in [0.717, 1.165) is 4.57 Å². The van der Waals surface area contributed by atoms with Crippen molar-refractivity contribution >= 4 is 22.6 Å². The normalized spacial score (nSPS) is 12.7. The number of benzene rings is 2. The van der Waals surface area contributed by atoms with E-state index in [9.17, 15) is 37.1 Å². The Hall–Kier alpha value is -4.22. The summed E-state index contributed by atoms with van der Waals surface area (Å²) in [6.45, 7) is 3.76. The molecule has 0 radical (unpaired) electrons. The molecular formula is C24H21F4N3O5. The van der Waals surface area contributed by atoms with Crippen molar-refractivity contribution in [1.29, 1.82) is 0 Å². The summed E-state index contributed by atoms with van der Waals surface area (Å²) in [5, 5.41) is 12.2. The summed E-state index contributed by atoms with van der Waals surface area (Å²) in [4.78, 5) is 42.7. The molecule has 1 heterocycles. The van der Waals surface area contributed by atoms with Gasteiger partial charge in [-0.1, -0.05) is 25.6 Å². The Morgan fingerprint density at radius 2 is 1.81 bits per heavy atom. The summed E-state index contributed by atoms with van der Waals surface area (Å²) in [5.41, 5.74) is -0.0801. The molecule has 2 atom stereocenters. The van der Waals surface area contributed by atoms with E-state index in [-0.39, 0.29) is 17.9 Å². The van der Waals surface area contributed by atoms with Crippen LogP contribution in [0.3, 0.4) is 0 Å². The molecule has 190 valence electrons. The lowest BCUT2D eigenvalue weighted by atomic mass is 10.1. The van der Waals surface area contributed by atoms with Crippen molar-refractivity contribution in [2.75, 3.05) is 6.61 Å². The van der Waals surface area contributed by atoms with E-state index in [1.165, 1.54) is 6.33 Å². The molecule has 0 saturated carbocycles. The maximum Gasteiger partial charge on any atom is 0.261 e. The number of rotatable bonds is 10. The highest BCUT2D eigenvalue weighted by molar-refractivity contribution is 5.91. The zero-order valence-electron chi connectivity index (χ0n) is 18.9. The molecule has 0 aliphatic heterocycles. The standard InChI is InChI=1S/C24H21F4N3O5/c1-3-18(31-11-29-16-7-5-4-6-13(16)24(31)35)23(34)30-17(8-12(2)32)19(33)10-36-22-20(27)14(25)9-15(26)21(22)28/h4-7,9,11,17-18,32H,2-3,8,10H2,1H3,(H,30,34)/t17-,18-/m0/s1. The number of halogens is 4. The van der Waals surface area contributed by atoms with Crippen molar-refractivity contribution in [2.45, 2.75) is 31.8 Å². The lowest BCUT2D eigenvalue weighted by molar-refractivity contribution is -0.130. The first kappa shape index (κ1) is 26.4. The van der Waals surface area contributed by atoms with Gasteiger partial charge in [-0.15, -0.1) is 0 Å². The fraction of sp³-hybridized carbons (Fsp3) is 0.250. The lowest BCUT2D eigenvalue weighted by Gasteiger charge is -2.22. The van der Waals surface area contributed by atoms with E-state index in [4.69, 9.17) is 0 Å². The number of para-hydroxylation sites is 1. The smallest absolute Gasteiger partial charge is 0.261 e. The number of amides is 1. The molecule has 8 nitrogen and oxygen atoms in total. The minimum Gasteiger partial charge on any atom is -0.513 e. The van der Waals surface area contributed by atoms with E-state index in [1.807, 2.05) is 0 Å². The number of nitrogens with zero attached hydrogens (tertiary/aromatic N) is 2. The number of ether oxygens (including phenoxy) is 1. The molecule has 3 aromatic rings. The number of fused-ring (bicyclic) bond motifs is 1. The third kappa shape index (κ3) is 5.53. The summed E-state index contributed by atoms with van der Waals surface area (Å²) in [6, 6.07) is 3.86. The Labute approximate surface area is 201 Å². The van der Waals surface area contributed by atoms with Crippen LogP contribution >= 0.6 is 0 Å². The molecule has 0 spiro atoms. The van der Waals surface area contributed by atoms with E-state index in [2.05, 4.69) is 21.6 Å². The fourth-order valence-electron chi connectivity index (χ4n) is 3.48. The van der Waals surface area contributed by atoms with Gasteiger partial charge in [0.2, 0.25) is 17.5 Å². The summed E-state index contributed by atoms with van der Waals surface area (Å²) in [7, 11) is 0. The molecule has 36 heavy (non-hydrogen) atoms. The van der Waals surface area contributed by atoms with Gasteiger partial charge in [0, 0.05) is 12.5 Å². The van der Waals surface area contributed by atoms with Crippen molar-refractivity contribution in [3.63, 3.8) is 0 Å². The van der Waals surface area contributed by atoms with Crippen molar-refractivity contribution in [3.8, 4) is 5.75 Å². The molecule has 1 amide bonds. The zero-order valence-corrected chi connectivity index (χ0v) is 18.9. The van der Waals surface area contributed by atoms with Crippen molar-refractivity contribution in [1.82, 2.24) is 14.9 Å². The third-order valence-corrected chi connectivity index (χ3v) is 5.29. The van der Waals surface area contributed by atoms with Crippen LogP contribution in [0.1, 0.15) is 25.8 Å². The molecule has 0 bridgehead atoms. The lowest BCUT2D eigenvalue weighted by Crippen LogP contribution is -2.47. The predicted octanol–water partition coefficient (Wildman–Crippen LogP) is 3.50. The molecule has 0 aliphatic rings. The second kappa shape index (κ2) is 11.0. The van der Waals surface area contributed by atoms with E-state index in [0.29, 0.717) is 5.52 Å². The topological polar surface area (TPSA) is 111 Å². The van der Waals surface area contributed by atoms with Crippen LogP contribution in [0, 0.1) is 23.3 Å². The van der Waals surface area contributed by atoms with E-state index < -0.39 is 77.1 Å². The second-order valence-corrected chi connectivity index (χ2v) is 7.78. The molecule has 12 heteroatoms. The monoisotopic (exact) mass is 507 g/mol. The van der Waals surface area contributed by atoms with E-state index in [1.54, 1.807) is 31.2 Å². The van der Waals surface area contributed by atoms with Crippen molar-refractivity contribution in [2.24, 2.45) is 0 Å². The van der Waals surface area contributed by atoms with Crippen LogP contribution in [0.5, 0.6) is 5.75 Å². The number of nitrogens with one attached hydrogen (secondary N) is 1. The highest BCUT2D eigenvalue weighted by Gasteiger charge is 2.29. The molecule has 0 saturated heterocycles. The number of Topliss-reactive ketones (excluding diaryl/α,β-unsaturated/α-hetero) is 1. The number of aliphatic hydroxyl groups is 1. The van der Waals surface area contributed by atoms with Gasteiger partial charge in [-0.05, 0) is 18.6 Å². The number of ketones is 1. The summed E-state index contributed by atoms with van der Waals surface area (Å²) in [6.07, 6.45) is 0.799. The summed E-state index contributed by atoms with van der Waals surface area (Å²) in [5.74, 6) is -10.9. The fourth-order valence-corrected chi connectivity index (χ4v) is 3.48. The van der Waals surface area contributed by atoms with Crippen LogP contribution in [-0.4, -0.2) is 39.0 Å². The first-order chi connectivity index (χ1) is 17.0. The average molecular weight is 507 g/mol.